The number of carbonyl (C=O) groups is 2. The lowest BCUT2D eigenvalue weighted by Crippen LogP contribution is -2.41. The van der Waals surface area contributed by atoms with E-state index in [4.69, 9.17) is 23.9 Å². The fourth-order valence-corrected chi connectivity index (χ4v) is 5.58. The van der Waals surface area contributed by atoms with E-state index in [2.05, 4.69) is 15.2 Å². The van der Waals surface area contributed by atoms with E-state index in [-0.39, 0.29) is 19.3 Å². The van der Waals surface area contributed by atoms with Crippen molar-refractivity contribution < 1.29 is 33.5 Å². The van der Waals surface area contributed by atoms with Crippen molar-refractivity contribution in [3.05, 3.63) is 41.6 Å². The molecule has 5 rings (SSSR count). The lowest BCUT2D eigenvalue weighted by atomic mass is 9.74. The first-order valence-corrected chi connectivity index (χ1v) is 15.5. The monoisotopic (exact) mass is 608 g/mol. The van der Waals surface area contributed by atoms with Gasteiger partial charge in [0, 0.05) is 26.3 Å². The highest BCUT2D eigenvalue weighted by molar-refractivity contribution is 6.63. The molecular formula is C32H45BN4O7. The number of nitrogens with zero attached hydrogens (tertiary/aromatic N) is 3. The first-order chi connectivity index (χ1) is 20.7. The van der Waals surface area contributed by atoms with Crippen molar-refractivity contribution in [1.29, 1.82) is 0 Å². The summed E-state index contributed by atoms with van der Waals surface area (Å²) in [6.07, 6.45) is 3.84. The number of aromatic nitrogens is 1. The second-order valence-corrected chi connectivity index (χ2v) is 13.7. The molecular weight excluding hydrogens is 563 g/mol. The van der Waals surface area contributed by atoms with Gasteiger partial charge in [0.15, 0.2) is 0 Å². The average Bonchev–Trinajstić information content (AvgIpc) is 3.41. The quantitative estimate of drug-likeness (QED) is 0.330. The highest BCUT2D eigenvalue weighted by Gasteiger charge is 2.53. The zero-order valence-corrected chi connectivity index (χ0v) is 26.9. The molecule has 1 aromatic carbocycles. The number of fused-ring (bicyclic) bond motifs is 1. The summed E-state index contributed by atoms with van der Waals surface area (Å²) in [5.41, 5.74) is 1.40. The van der Waals surface area contributed by atoms with Crippen LogP contribution in [0.2, 0.25) is 0 Å². The lowest BCUT2D eigenvalue weighted by molar-refractivity contribution is 0.00578. The molecule has 0 aliphatic carbocycles. The van der Waals surface area contributed by atoms with Crippen LogP contribution in [0.3, 0.4) is 0 Å². The van der Waals surface area contributed by atoms with Gasteiger partial charge in [-0.1, -0.05) is 6.07 Å². The van der Waals surface area contributed by atoms with Crippen LogP contribution in [-0.4, -0.2) is 83.3 Å². The fraction of sp³-hybridized carbons (Fsp3) is 0.594. The number of aliphatic hydroxyl groups is 1. The van der Waals surface area contributed by atoms with Crippen molar-refractivity contribution in [2.45, 2.75) is 97.2 Å². The summed E-state index contributed by atoms with van der Waals surface area (Å²) in [6.45, 7) is 15.7. The van der Waals surface area contributed by atoms with Gasteiger partial charge in [-0.3, -0.25) is 4.79 Å². The van der Waals surface area contributed by atoms with Crippen molar-refractivity contribution in [2.24, 2.45) is 0 Å². The molecule has 2 saturated heterocycles. The summed E-state index contributed by atoms with van der Waals surface area (Å²) in [5, 5.41) is 12.3. The Hall–Kier alpha value is -3.19. The molecule has 3 aliphatic heterocycles. The molecule has 2 N–H and O–H groups in total. The Bertz CT molecular complexity index is 1350. The molecule has 0 bridgehead atoms. The minimum atomic E-state index is -0.754. The van der Waals surface area contributed by atoms with E-state index in [1.54, 1.807) is 20.8 Å². The molecule has 3 aliphatic rings. The number of piperidine rings is 1. The van der Waals surface area contributed by atoms with Crippen molar-refractivity contribution in [2.75, 3.05) is 36.5 Å². The predicted octanol–water partition coefficient (Wildman–Crippen LogP) is 4.38. The number of hydrogen-bond acceptors (Lipinski definition) is 10. The van der Waals surface area contributed by atoms with Gasteiger partial charge in [0.1, 0.15) is 11.4 Å². The summed E-state index contributed by atoms with van der Waals surface area (Å²) >= 11 is 0. The number of rotatable bonds is 8. The van der Waals surface area contributed by atoms with Gasteiger partial charge in [0.2, 0.25) is 0 Å². The molecule has 11 nitrogen and oxygen atoms in total. The van der Waals surface area contributed by atoms with Crippen LogP contribution in [0.1, 0.15) is 83.7 Å². The smallest absolute Gasteiger partial charge is 0.443 e. The van der Waals surface area contributed by atoms with Crippen molar-refractivity contribution in [3.8, 4) is 0 Å². The minimum absolute atomic E-state index is 0.0457. The molecule has 0 unspecified atom stereocenters. The topological polar surface area (TPSA) is 123 Å². The molecule has 0 saturated carbocycles. The molecule has 2 fully saturated rings. The van der Waals surface area contributed by atoms with E-state index in [9.17, 15) is 9.59 Å². The first-order valence-electron chi connectivity index (χ1n) is 15.5. The Balaban J connectivity index is 1.36. The zero-order chi connectivity index (χ0) is 31.9. The van der Waals surface area contributed by atoms with Crippen LogP contribution in [-0.2, 0) is 25.3 Å². The summed E-state index contributed by atoms with van der Waals surface area (Å²) in [4.78, 5) is 34.9. The third kappa shape index (κ3) is 6.73. The van der Waals surface area contributed by atoms with Gasteiger partial charge in [-0.25, -0.2) is 14.7 Å². The molecule has 238 valence electrons. The maximum Gasteiger partial charge on any atom is 0.495 e. The van der Waals surface area contributed by atoms with E-state index in [1.165, 1.54) is 0 Å². The van der Waals surface area contributed by atoms with Crippen LogP contribution in [0.4, 0.5) is 22.0 Å². The Morgan fingerprint density at radius 1 is 1.11 bits per heavy atom. The molecule has 0 spiro atoms. The fourth-order valence-electron chi connectivity index (χ4n) is 5.58. The van der Waals surface area contributed by atoms with Gasteiger partial charge in [-0.2, -0.15) is 0 Å². The number of benzene rings is 1. The van der Waals surface area contributed by atoms with Gasteiger partial charge >= 0.3 is 13.2 Å². The Kier molecular flexibility index (Phi) is 9.01. The van der Waals surface area contributed by atoms with Gasteiger partial charge < -0.3 is 34.1 Å². The maximum absolute atomic E-state index is 13.8. The molecule has 44 heavy (non-hydrogen) atoms. The number of nitrogens with one attached hydrogen (secondary N) is 1. The van der Waals surface area contributed by atoms with Crippen LogP contribution in [0.15, 0.2) is 30.5 Å². The molecule has 1 aromatic heterocycles. The normalized spacial score (nSPS) is 19.8. The number of ether oxygens (including phenoxy) is 2. The third-order valence-electron chi connectivity index (χ3n) is 8.72. The summed E-state index contributed by atoms with van der Waals surface area (Å²) < 4.78 is 24.1. The molecule has 2 amide bonds. The van der Waals surface area contributed by atoms with Crippen molar-refractivity contribution in [3.63, 3.8) is 0 Å². The molecule has 12 heteroatoms. The van der Waals surface area contributed by atoms with Gasteiger partial charge in [0.05, 0.1) is 47.0 Å². The highest BCUT2D eigenvalue weighted by atomic mass is 16.7. The first kappa shape index (κ1) is 32.2. The van der Waals surface area contributed by atoms with Crippen molar-refractivity contribution in [1.82, 2.24) is 9.88 Å². The third-order valence-corrected chi connectivity index (χ3v) is 8.72. The van der Waals surface area contributed by atoms with E-state index >= 15 is 0 Å². The minimum Gasteiger partial charge on any atom is -0.443 e. The van der Waals surface area contributed by atoms with Crippen LogP contribution >= 0.6 is 0 Å². The van der Waals surface area contributed by atoms with Crippen LogP contribution in [0, 0.1) is 0 Å². The van der Waals surface area contributed by atoms with Crippen molar-refractivity contribution >= 4 is 41.8 Å². The van der Waals surface area contributed by atoms with E-state index in [1.807, 2.05) is 58.2 Å². The SMILES string of the molecule is CC(C)(C)OC(=O)N1Cc2c(B3OC(C)(C)C(C)(C)O3)ccc(Nc3ccc(N4CCC(OCCCO)CC4)cn3)c2C1=O. The molecule has 4 heterocycles. The molecule has 0 atom stereocenters. The van der Waals surface area contributed by atoms with Gasteiger partial charge in [-0.05, 0) is 97.0 Å². The standard InChI is InChI=1S/C32H45BN4O7/c1-30(2,3)42-29(40)37-20-23-24(33-43-31(4,5)32(6,7)44-33)10-11-25(27(23)28(37)39)35-26-12-9-21(19-34-26)36-15-13-22(14-16-36)41-18-8-17-38/h9-12,19,22,38H,8,13-18,20H2,1-7H3,(H,34,35). The second kappa shape index (κ2) is 12.3. The number of hydrogen-bond donors (Lipinski definition) is 2. The number of carbonyl (C=O) groups excluding carboxylic acids is 2. The molecule has 0 radical (unpaired) electrons. The Morgan fingerprint density at radius 2 is 1.80 bits per heavy atom. The van der Waals surface area contributed by atoms with Crippen LogP contribution in [0.25, 0.3) is 0 Å². The van der Waals surface area contributed by atoms with Crippen LogP contribution in [0.5, 0.6) is 0 Å². The second-order valence-electron chi connectivity index (χ2n) is 13.7. The largest absolute Gasteiger partial charge is 0.495 e. The van der Waals surface area contributed by atoms with Gasteiger partial charge in [0.25, 0.3) is 5.91 Å². The lowest BCUT2D eigenvalue weighted by Gasteiger charge is -2.33. The number of anilines is 3. The van der Waals surface area contributed by atoms with E-state index in [0.717, 1.165) is 36.5 Å². The predicted molar refractivity (Wildman–Crippen MR) is 169 cm³/mol. The number of pyridine rings is 1. The average molecular weight is 609 g/mol. The Labute approximate surface area is 260 Å². The maximum atomic E-state index is 13.8. The van der Waals surface area contributed by atoms with E-state index in [0.29, 0.717) is 41.1 Å². The van der Waals surface area contributed by atoms with E-state index < -0.39 is 35.9 Å². The van der Waals surface area contributed by atoms with Gasteiger partial charge in [-0.15, -0.1) is 0 Å². The number of imide groups is 1. The summed E-state index contributed by atoms with van der Waals surface area (Å²) in [5.74, 6) is 0.126. The molecule has 2 aromatic rings. The summed E-state index contributed by atoms with van der Waals surface area (Å²) in [7, 11) is -0.698. The number of aliphatic hydroxyl groups excluding tert-OH is 1. The van der Waals surface area contributed by atoms with Crippen LogP contribution < -0.4 is 15.7 Å². The zero-order valence-electron chi connectivity index (χ0n) is 26.9. The highest BCUT2D eigenvalue weighted by Crippen LogP contribution is 2.39. The summed E-state index contributed by atoms with van der Waals surface area (Å²) in [6, 6.07) is 7.60. The number of amides is 2. The Morgan fingerprint density at radius 3 is 2.39 bits per heavy atom.